The molecule has 8 rings (SSSR count). The van der Waals surface area contributed by atoms with Crippen LogP contribution in [0.15, 0.2) is 158 Å². The summed E-state index contributed by atoms with van der Waals surface area (Å²) in [5, 5.41) is 7.54. The van der Waals surface area contributed by atoms with E-state index in [9.17, 15) is 0 Å². The minimum atomic E-state index is 0.940. The summed E-state index contributed by atoms with van der Waals surface area (Å²) in [7, 11) is 0. The molecule has 8 aromatic rings. The Labute approximate surface area is 263 Å². The molecule has 0 fully saturated rings. The third kappa shape index (κ3) is 4.46. The van der Waals surface area contributed by atoms with Gasteiger partial charge in [0.15, 0.2) is 0 Å². The first-order valence-corrected chi connectivity index (χ1v) is 15.6. The van der Waals surface area contributed by atoms with Crippen LogP contribution < -0.4 is 0 Å². The number of imidazole rings is 1. The van der Waals surface area contributed by atoms with E-state index in [1.807, 2.05) is 0 Å². The van der Waals surface area contributed by atoms with Crippen molar-refractivity contribution in [2.75, 3.05) is 0 Å². The first-order chi connectivity index (χ1) is 22.2. The molecule has 1 aromatic heterocycles. The van der Waals surface area contributed by atoms with Gasteiger partial charge in [0.2, 0.25) is 0 Å². The summed E-state index contributed by atoms with van der Waals surface area (Å²) < 4.78 is 2.26. The lowest BCUT2D eigenvalue weighted by Gasteiger charge is -2.18. The third-order valence-electron chi connectivity index (χ3n) is 8.85. The van der Waals surface area contributed by atoms with Gasteiger partial charge in [-0.2, -0.15) is 0 Å². The van der Waals surface area contributed by atoms with E-state index >= 15 is 0 Å². The van der Waals surface area contributed by atoms with Crippen LogP contribution in [0.3, 0.4) is 0 Å². The highest BCUT2D eigenvalue weighted by molar-refractivity contribution is 6.21. The van der Waals surface area contributed by atoms with Gasteiger partial charge in [0.05, 0.1) is 11.0 Å². The molecular formula is C43H32N2. The van der Waals surface area contributed by atoms with Crippen LogP contribution in [-0.2, 0) is 0 Å². The second kappa shape index (κ2) is 11.1. The molecule has 2 heteroatoms. The molecule has 45 heavy (non-hydrogen) atoms. The van der Waals surface area contributed by atoms with Crippen LogP contribution in [0.25, 0.3) is 82.7 Å². The maximum atomic E-state index is 5.09. The van der Waals surface area contributed by atoms with Gasteiger partial charge < -0.3 is 0 Å². The summed E-state index contributed by atoms with van der Waals surface area (Å²) in [6, 6.07) is 50.4. The Kier molecular flexibility index (Phi) is 6.61. The van der Waals surface area contributed by atoms with Crippen LogP contribution in [0.1, 0.15) is 13.8 Å². The van der Waals surface area contributed by atoms with Gasteiger partial charge in [0.1, 0.15) is 5.82 Å². The minimum Gasteiger partial charge on any atom is -0.293 e. The molecule has 0 atom stereocenters. The average Bonchev–Trinajstić information content (AvgIpc) is 3.49. The number of hydrogen-bond donors (Lipinski definition) is 0. The Bertz CT molecular complexity index is 2380. The van der Waals surface area contributed by atoms with Gasteiger partial charge in [-0.25, -0.2) is 4.98 Å². The Balaban J connectivity index is 1.33. The number of nitrogens with zero attached hydrogens (tertiary/aromatic N) is 2. The summed E-state index contributed by atoms with van der Waals surface area (Å²) in [6.45, 7) is 4.13. The highest BCUT2D eigenvalue weighted by atomic mass is 15.1. The molecule has 2 nitrogen and oxygen atoms in total. The Morgan fingerprint density at radius 3 is 1.71 bits per heavy atom. The lowest BCUT2D eigenvalue weighted by molar-refractivity contribution is 1.14. The summed E-state index contributed by atoms with van der Waals surface area (Å²) >= 11 is 0. The van der Waals surface area contributed by atoms with Gasteiger partial charge >= 0.3 is 0 Å². The smallest absolute Gasteiger partial charge is 0.145 e. The number of hydrogen-bond acceptors (Lipinski definition) is 1. The molecule has 0 radical (unpaired) electrons. The maximum Gasteiger partial charge on any atom is 0.145 e. The van der Waals surface area contributed by atoms with Crippen molar-refractivity contribution in [2.24, 2.45) is 0 Å². The Morgan fingerprint density at radius 2 is 1.07 bits per heavy atom. The maximum absolute atomic E-state index is 5.09. The normalized spacial score (nSPS) is 12.3. The molecule has 0 saturated heterocycles. The number of allylic oxidation sites excluding steroid dienone is 4. The van der Waals surface area contributed by atoms with Crippen molar-refractivity contribution in [1.29, 1.82) is 0 Å². The Hall–Kier alpha value is -5.73. The van der Waals surface area contributed by atoms with Crippen LogP contribution in [0.2, 0.25) is 0 Å². The van der Waals surface area contributed by atoms with Crippen molar-refractivity contribution in [1.82, 2.24) is 9.55 Å². The van der Waals surface area contributed by atoms with Crippen molar-refractivity contribution in [3.8, 4) is 33.6 Å². The largest absolute Gasteiger partial charge is 0.293 e. The monoisotopic (exact) mass is 576 g/mol. The molecule has 0 aliphatic rings. The molecule has 7 aromatic carbocycles. The van der Waals surface area contributed by atoms with Gasteiger partial charge in [-0.15, -0.1) is 0 Å². The molecule has 0 N–H and O–H groups in total. The zero-order valence-electron chi connectivity index (χ0n) is 25.4. The highest BCUT2D eigenvalue weighted by Crippen LogP contribution is 2.44. The summed E-state index contributed by atoms with van der Waals surface area (Å²) in [4.78, 5) is 5.09. The molecule has 0 spiro atoms. The van der Waals surface area contributed by atoms with Crippen molar-refractivity contribution in [3.05, 3.63) is 158 Å². The average molecular weight is 577 g/mol. The highest BCUT2D eigenvalue weighted by Gasteiger charge is 2.18. The van der Waals surface area contributed by atoms with Gasteiger partial charge in [-0.05, 0) is 92.7 Å². The number of aromatic nitrogens is 2. The summed E-state index contributed by atoms with van der Waals surface area (Å²) in [5.41, 5.74) is 9.25. The zero-order valence-corrected chi connectivity index (χ0v) is 25.4. The van der Waals surface area contributed by atoms with Crippen LogP contribution >= 0.6 is 0 Å². The van der Waals surface area contributed by atoms with E-state index in [-0.39, 0.29) is 0 Å². The summed E-state index contributed by atoms with van der Waals surface area (Å²) in [5.74, 6) is 0.940. The molecule has 0 aliphatic heterocycles. The lowest BCUT2D eigenvalue weighted by Crippen LogP contribution is -1.98. The summed E-state index contributed by atoms with van der Waals surface area (Å²) in [6.07, 6.45) is 6.36. The number of benzene rings is 7. The van der Waals surface area contributed by atoms with E-state index in [1.54, 1.807) is 0 Å². The first kappa shape index (κ1) is 26.9. The van der Waals surface area contributed by atoms with Crippen LogP contribution in [-0.4, -0.2) is 9.55 Å². The molecule has 0 amide bonds. The fourth-order valence-electron chi connectivity index (χ4n) is 6.83. The van der Waals surface area contributed by atoms with Gasteiger partial charge in [-0.3, -0.25) is 4.57 Å². The minimum absolute atomic E-state index is 0.940. The lowest BCUT2D eigenvalue weighted by atomic mass is 9.85. The number of rotatable bonds is 5. The number of para-hydroxylation sites is 2. The molecule has 1 heterocycles. The molecule has 0 saturated carbocycles. The predicted molar refractivity (Wildman–Crippen MR) is 193 cm³/mol. The standard InChI is InChI=1S/C43H32N2/c1-3-13-34(4-2)45-40-21-12-11-20-39(40)44-43(45)31-25-23-30(24-26-31)41-35-16-7-9-18-37(35)42(38-19-10-8-17-36(38)41)33-27-22-29-14-5-6-15-32(29)28-33/h3-28H,1-2H3/b13-3-,34-4+. The predicted octanol–water partition coefficient (Wildman–Crippen LogP) is 11.9. The van der Waals surface area contributed by atoms with E-state index < -0.39 is 0 Å². The van der Waals surface area contributed by atoms with Gasteiger partial charge in [-0.1, -0.05) is 133 Å². The van der Waals surface area contributed by atoms with Gasteiger partial charge in [0.25, 0.3) is 0 Å². The molecule has 0 unspecified atom stereocenters. The second-order valence-corrected chi connectivity index (χ2v) is 11.5. The molecule has 0 bridgehead atoms. The quantitative estimate of drug-likeness (QED) is 0.147. The number of fused-ring (bicyclic) bond motifs is 4. The van der Waals surface area contributed by atoms with Gasteiger partial charge in [0, 0.05) is 11.3 Å². The third-order valence-corrected chi connectivity index (χ3v) is 8.85. The first-order valence-electron chi connectivity index (χ1n) is 15.6. The van der Waals surface area contributed by atoms with Crippen molar-refractivity contribution in [3.63, 3.8) is 0 Å². The topological polar surface area (TPSA) is 17.8 Å². The molecule has 214 valence electrons. The SMILES string of the molecule is C/C=C\C(=C/C)n1c(-c2ccc(-c3c4ccccc4c(-c4ccc5ccccc5c4)c4ccccc34)cc2)nc2ccccc21. The fourth-order valence-corrected chi connectivity index (χ4v) is 6.83. The van der Waals surface area contributed by atoms with Crippen molar-refractivity contribution in [2.45, 2.75) is 13.8 Å². The van der Waals surface area contributed by atoms with Crippen molar-refractivity contribution >= 4 is 49.0 Å². The van der Waals surface area contributed by atoms with E-state index in [0.29, 0.717) is 0 Å². The molecule has 0 aliphatic carbocycles. The van der Waals surface area contributed by atoms with Crippen molar-refractivity contribution < 1.29 is 0 Å². The van der Waals surface area contributed by atoms with Crippen LogP contribution in [0.5, 0.6) is 0 Å². The van der Waals surface area contributed by atoms with Crippen LogP contribution in [0.4, 0.5) is 0 Å². The van der Waals surface area contributed by atoms with E-state index in [1.165, 1.54) is 54.6 Å². The fraction of sp³-hybridized carbons (Fsp3) is 0.0465. The Morgan fingerprint density at radius 1 is 0.533 bits per heavy atom. The molecular weight excluding hydrogens is 544 g/mol. The second-order valence-electron chi connectivity index (χ2n) is 11.5. The van der Waals surface area contributed by atoms with E-state index in [4.69, 9.17) is 4.98 Å². The zero-order chi connectivity index (χ0) is 30.3. The van der Waals surface area contributed by atoms with Crippen LogP contribution in [0, 0.1) is 0 Å². The van der Waals surface area contributed by atoms with E-state index in [2.05, 4.69) is 176 Å². The van der Waals surface area contributed by atoms with E-state index in [0.717, 1.165) is 28.1 Å².